The maximum atomic E-state index is 12.4. The highest BCUT2D eigenvalue weighted by Crippen LogP contribution is 2.35. The molecule has 1 nitrogen and oxygen atoms in total. The van der Waals surface area contributed by atoms with E-state index in [0.717, 1.165) is 24.3 Å². The lowest BCUT2D eigenvalue weighted by Crippen LogP contribution is -2.12. The molecule has 2 rings (SSSR count). The van der Waals surface area contributed by atoms with Crippen LogP contribution in [0.3, 0.4) is 0 Å². The predicted molar refractivity (Wildman–Crippen MR) is 71.4 cm³/mol. The standard InChI is InChI=1S/C16H22O/c1-4-13-6-8-15(10-13)16(17)14-7-5-11(2)12(3)9-14/h5,7,9,13,15H,4,6,8,10H2,1-3H3. The molecule has 1 aromatic carbocycles. The Kier molecular flexibility index (Phi) is 3.66. The van der Waals surface area contributed by atoms with E-state index in [1.807, 2.05) is 6.07 Å². The molecule has 0 saturated heterocycles. The number of aryl methyl sites for hydroxylation is 2. The highest BCUT2D eigenvalue weighted by atomic mass is 16.1. The molecule has 1 aliphatic carbocycles. The van der Waals surface area contributed by atoms with Crippen molar-refractivity contribution in [3.63, 3.8) is 0 Å². The van der Waals surface area contributed by atoms with Crippen LogP contribution in [0.2, 0.25) is 0 Å². The minimum atomic E-state index is 0.280. The van der Waals surface area contributed by atoms with E-state index < -0.39 is 0 Å². The van der Waals surface area contributed by atoms with Crippen LogP contribution in [0.1, 0.15) is 54.1 Å². The van der Waals surface area contributed by atoms with Crippen molar-refractivity contribution in [2.24, 2.45) is 11.8 Å². The third-order valence-corrected chi connectivity index (χ3v) is 4.28. The maximum Gasteiger partial charge on any atom is 0.165 e. The number of hydrogen-bond acceptors (Lipinski definition) is 1. The molecule has 0 bridgehead atoms. The van der Waals surface area contributed by atoms with Crippen molar-refractivity contribution in [2.45, 2.75) is 46.5 Å². The van der Waals surface area contributed by atoms with Gasteiger partial charge in [0.25, 0.3) is 0 Å². The van der Waals surface area contributed by atoms with Crippen LogP contribution in [-0.2, 0) is 0 Å². The van der Waals surface area contributed by atoms with Crippen molar-refractivity contribution in [1.82, 2.24) is 0 Å². The van der Waals surface area contributed by atoms with E-state index in [4.69, 9.17) is 0 Å². The quantitative estimate of drug-likeness (QED) is 0.707. The van der Waals surface area contributed by atoms with E-state index in [0.29, 0.717) is 5.78 Å². The first-order valence-corrected chi connectivity index (χ1v) is 6.73. The number of carbonyl (C=O) groups is 1. The minimum Gasteiger partial charge on any atom is -0.294 e. The molecule has 1 saturated carbocycles. The lowest BCUT2D eigenvalue weighted by Gasteiger charge is -2.10. The van der Waals surface area contributed by atoms with Crippen LogP contribution in [0.5, 0.6) is 0 Å². The molecule has 1 heteroatoms. The summed E-state index contributed by atoms with van der Waals surface area (Å²) in [6.45, 7) is 6.40. The summed E-state index contributed by atoms with van der Waals surface area (Å²) in [5, 5.41) is 0. The van der Waals surface area contributed by atoms with Gasteiger partial charge in [-0.05, 0) is 56.2 Å². The molecule has 92 valence electrons. The Morgan fingerprint density at radius 1 is 1.24 bits per heavy atom. The monoisotopic (exact) mass is 230 g/mol. The SMILES string of the molecule is CCC1CCC(C(=O)c2ccc(C)c(C)c2)C1. The zero-order valence-electron chi connectivity index (χ0n) is 11.1. The summed E-state index contributed by atoms with van der Waals surface area (Å²) in [7, 11) is 0. The lowest BCUT2D eigenvalue weighted by molar-refractivity contribution is 0.0920. The Hall–Kier alpha value is -1.11. The van der Waals surface area contributed by atoms with E-state index in [2.05, 4.69) is 32.9 Å². The van der Waals surface area contributed by atoms with Gasteiger partial charge in [-0.25, -0.2) is 0 Å². The van der Waals surface area contributed by atoms with Gasteiger partial charge in [0.2, 0.25) is 0 Å². The third kappa shape index (κ3) is 2.59. The molecule has 17 heavy (non-hydrogen) atoms. The van der Waals surface area contributed by atoms with Crippen LogP contribution in [0.4, 0.5) is 0 Å². The molecule has 2 unspecified atom stereocenters. The van der Waals surface area contributed by atoms with E-state index >= 15 is 0 Å². The molecule has 0 heterocycles. The van der Waals surface area contributed by atoms with Gasteiger partial charge in [0.15, 0.2) is 5.78 Å². The lowest BCUT2D eigenvalue weighted by atomic mass is 9.93. The average molecular weight is 230 g/mol. The third-order valence-electron chi connectivity index (χ3n) is 4.28. The fraction of sp³-hybridized carbons (Fsp3) is 0.562. The molecule has 2 atom stereocenters. The second-order valence-corrected chi connectivity index (χ2v) is 5.45. The summed E-state index contributed by atoms with van der Waals surface area (Å²) in [6, 6.07) is 6.11. The molecular formula is C16H22O. The Morgan fingerprint density at radius 3 is 2.59 bits per heavy atom. The van der Waals surface area contributed by atoms with E-state index in [1.165, 1.54) is 24.0 Å². The summed E-state index contributed by atoms with van der Waals surface area (Å²) in [6.07, 6.45) is 4.64. The van der Waals surface area contributed by atoms with Gasteiger partial charge >= 0.3 is 0 Å². The van der Waals surface area contributed by atoms with Crippen LogP contribution in [0.25, 0.3) is 0 Å². The molecule has 0 spiro atoms. The first-order chi connectivity index (χ1) is 8.11. The summed E-state index contributed by atoms with van der Waals surface area (Å²) in [5.74, 6) is 1.42. The first kappa shape index (κ1) is 12.3. The Balaban J connectivity index is 2.12. The van der Waals surface area contributed by atoms with Crippen LogP contribution < -0.4 is 0 Å². The normalized spacial score (nSPS) is 23.9. The van der Waals surface area contributed by atoms with Gasteiger partial charge in [-0.2, -0.15) is 0 Å². The number of benzene rings is 1. The van der Waals surface area contributed by atoms with Crippen molar-refractivity contribution in [3.8, 4) is 0 Å². The Bertz CT molecular complexity index is 420. The van der Waals surface area contributed by atoms with E-state index in [9.17, 15) is 4.79 Å². The second-order valence-electron chi connectivity index (χ2n) is 5.45. The van der Waals surface area contributed by atoms with Crippen molar-refractivity contribution >= 4 is 5.78 Å². The highest BCUT2D eigenvalue weighted by molar-refractivity contribution is 5.98. The van der Waals surface area contributed by atoms with Crippen LogP contribution in [-0.4, -0.2) is 5.78 Å². The van der Waals surface area contributed by atoms with Crippen molar-refractivity contribution in [1.29, 1.82) is 0 Å². The molecule has 0 radical (unpaired) electrons. The predicted octanol–water partition coefficient (Wildman–Crippen LogP) is 4.31. The van der Waals surface area contributed by atoms with Crippen molar-refractivity contribution in [3.05, 3.63) is 34.9 Å². The minimum absolute atomic E-state index is 0.280. The van der Waals surface area contributed by atoms with Gasteiger partial charge < -0.3 is 0 Å². The van der Waals surface area contributed by atoms with Crippen molar-refractivity contribution < 1.29 is 4.79 Å². The van der Waals surface area contributed by atoms with E-state index in [-0.39, 0.29) is 5.92 Å². The van der Waals surface area contributed by atoms with Crippen LogP contribution in [0.15, 0.2) is 18.2 Å². The largest absolute Gasteiger partial charge is 0.294 e. The number of carbonyl (C=O) groups excluding carboxylic acids is 1. The number of ketones is 1. The molecule has 0 aliphatic heterocycles. The molecular weight excluding hydrogens is 208 g/mol. The first-order valence-electron chi connectivity index (χ1n) is 6.73. The zero-order valence-corrected chi connectivity index (χ0v) is 11.1. The van der Waals surface area contributed by atoms with Gasteiger partial charge in [-0.3, -0.25) is 4.79 Å². The molecule has 1 fully saturated rings. The second kappa shape index (κ2) is 5.03. The number of Topliss-reactive ketones (excluding diaryl/α,β-unsaturated/α-hetero) is 1. The van der Waals surface area contributed by atoms with Gasteiger partial charge in [0.1, 0.15) is 0 Å². The maximum absolute atomic E-state index is 12.4. The summed E-state index contributed by atoms with van der Waals surface area (Å²) >= 11 is 0. The van der Waals surface area contributed by atoms with Gasteiger partial charge in [0.05, 0.1) is 0 Å². The Labute approximate surface area is 104 Å². The molecule has 1 aliphatic rings. The summed E-state index contributed by atoms with van der Waals surface area (Å²) in [5.41, 5.74) is 3.40. The number of hydrogen-bond donors (Lipinski definition) is 0. The van der Waals surface area contributed by atoms with Gasteiger partial charge in [-0.15, -0.1) is 0 Å². The Morgan fingerprint density at radius 2 is 2.00 bits per heavy atom. The topological polar surface area (TPSA) is 17.1 Å². The van der Waals surface area contributed by atoms with Crippen LogP contribution in [0, 0.1) is 25.7 Å². The smallest absolute Gasteiger partial charge is 0.165 e. The molecule has 1 aromatic rings. The van der Waals surface area contributed by atoms with Crippen LogP contribution >= 0.6 is 0 Å². The fourth-order valence-corrected chi connectivity index (χ4v) is 2.81. The summed E-state index contributed by atoms with van der Waals surface area (Å²) < 4.78 is 0. The highest BCUT2D eigenvalue weighted by Gasteiger charge is 2.29. The average Bonchev–Trinajstić information content (AvgIpc) is 2.80. The molecule has 0 amide bonds. The molecule has 0 aromatic heterocycles. The fourth-order valence-electron chi connectivity index (χ4n) is 2.81. The summed E-state index contributed by atoms with van der Waals surface area (Å²) in [4.78, 5) is 12.4. The van der Waals surface area contributed by atoms with Gasteiger partial charge in [-0.1, -0.05) is 25.5 Å². The van der Waals surface area contributed by atoms with E-state index in [1.54, 1.807) is 0 Å². The molecule has 0 N–H and O–H groups in total. The number of rotatable bonds is 3. The zero-order chi connectivity index (χ0) is 12.4. The van der Waals surface area contributed by atoms with Crippen molar-refractivity contribution in [2.75, 3.05) is 0 Å². The van der Waals surface area contributed by atoms with Gasteiger partial charge in [0, 0.05) is 11.5 Å².